The number of benzene rings is 1. The average molecular weight is 532 g/mol. The van der Waals surface area contributed by atoms with Crippen molar-refractivity contribution in [3.05, 3.63) is 47.7 Å². The number of pyridine rings is 1. The highest BCUT2D eigenvalue weighted by atomic mass is 32.2. The Kier molecular flexibility index (Phi) is 9.50. The van der Waals surface area contributed by atoms with Gasteiger partial charge in [0.05, 0.1) is 31.2 Å². The summed E-state index contributed by atoms with van der Waals surface area (Å²) in [5, 5.41) is 9.81. The van der Waals surface area contributed by atoms with E-state index in [4.69, 9.17) is 14.2 Å². The lowest BCUT2D eigenvalue weighted by atomic mass is 10.0. The first-order chi connectivity index (χ1) is 17.6. The Balaban J connectivity index is 1.97. The van der Waals surface area contributed by atoms with Crippen LogP contribution in [-0.4, -0.2) is 93.3 Å². The molecule has 0 fully saturated rings. The fourth-order valence-electron chi connectivity index (χ4n) is 3.89. The topological polar surface area (TPSA) is 118 Å². The zero-order valence-electron chi connectivity index (χ0n) is 21.7. The molecule has 0 aliphatic carbocycles. The lowest BCUT2D eigenvalue weighted by molar-refractivity contribution is 0.0373. The normalized spacial score (nSPS) is 18.7. The average Bonchev–Trinajstić information content (AvgIpc) is 2.90. The van der Waals surface area contributed by atoms with Crippen molar-refractivity contribution in [1.29, 1.82) is 0 Å². The van der Waals surface area contributed by atoms with Crippen molar-refractivity contribution in [2.45, 2.75) is 30.9 Å². The lowest BCUT2D eigenvalue weighted by Crippen LogP contribution is -2.50. The van der Waals surface area contributed by atoms with Gasteiger partial charge in [0.1, 0.15) is 24.0 Å². The maximum absolute atomic E-state index is 13.5. The van der Waals surface area contributed by atoms with Crippen LogP contribution >= 0.6 is 0 Å². The predicted molar refractivity (Wildman–Crippen MR) is 137 cm³/mol. The van der Waals surface area contributed by atoms with Gasteiger partial charge in [0.2, 0.25) is 15.9 Å². The summed E-state index contributed by atoms with van der Waals surface area (Å²) in [7, 11) is 0.627. The van der Waals surface area contributed by atoms with Gasteiger partial charge >= 0.3 is 0 Å². The minimum atomic E-state index is -3.86. The van der Waals surface area contributed by atoms with Crippen molar-refractivity contribution in [1.82, 2.24) is 14.2 Å². The van der Waals surface area contributed by atoms with E-state index in [-0.39, 0.29) is 54.5 Å². The van der Waals surface area contributed by atoms with Crippen molar-refractivity contribution >= 4 is 15.9 Å². The Morgan fingerprint density at radius 2 is 2.08 bits per heavy atom. The Morgan fingerprint density at radius 1 is 1.32 bits per heavy atom. The third-order valence-electron chi connectivity index (χ3n) is 6.16. The Hall–Kier alpha value is -3.17. The third kappa shape index (κ3) is 6.59. The van der Waals surface area contributed by atoms with Gasteiger partial charge in [-0.1, -0.05) is 24.8 Å². The fourth-order valence-corrected chi connectivity index (χ4v) is 5.11. The van der Waals surface area contributed by atoms with Gasteiger partial charge in [0.15, 0.2) is 0 Å². The molecule has 0 bridgehead atoms. The van der Waals surface area contributed by atoms with E-state index in [2.05, 4.69) is 16.8 Å². The molecule has 1 aromatic carbocycles. The van der Waals surface area contributed by atoms with E-state index in [1.165, 1.54) is 43.9 Å². The number of fused-ring (bicyclic) bond motifs is 1. The number of ether oxygens (including phenoxy) is 3. The quantitative estimate of drug-likeness (QED) is 0.511. The van der Waals surface area contributed by atoms with Gasteiger partial charge in [0.25, 0.3) is 5.91 Å². The molecule has 1 aromatic heterocycles. The molecule has 0 saturated heterocycles. The summed E-state index contributed by atoms with van der Waals surface area (Å²) >= 11 is 0. The number of sulfonamides is 1. The zero-order chi connectivity index (χ0) is 27.2. The van der Waals surface area contributed by atoms with Crippen LogP contribution in [0.15, 0.2) is 41.4 Å². The molecule has 0 saturated carbocycles. The SMILES string of the molecule is COCC#Cc1cnc2c(c1)C(=O)N([C@@H](C)CO)C[C@@H](C)[C@H](CN(C)S(=O)(=O)c1cccc(OC)c1)O2. The summed E-state index contributed by atoms with van der Waals surface area (Å²) in [4.78, 5) is 19.5. The molecular formula is C26H33N3O7S. The molecule has 3 rings (SSSR count). The number of hydrogen-bond acceptors (Lipinski definition) is 8. The number of methoxy groups -OCH3 is 2. The van der Waals surface area contributed by atoms with Crippen LogP contribution in [-0.2, 0) is 14.8 Å². The highest BCUT2D eigenvalue weighted by molar-refractivity contribution is 7.89. The van der Waals surface area contributed by atoms with E-state index in [1.807, 2.05) is 6.92 Å². The van der Waals surface area contributed by atoms with Crippen LogP contribution in [0.5, 0.6) is 11.6 Å². The van der Waals surface area contributed by atoms with E-state index in [0.29, 0.717) is 11.3 Å². The molecule has 2 heterocycles. The highest BCUT2D eigenvalue weighted by Gasteiger charge is 2.36. The molecule has 0 unspecified atom stereocenters. The van der Waals surface area contributed by atoms with E-state index >= 15 is 0 Å². The van der Waals surface area contributed by atoms with Crippen LogP contribution in [0.3, 0.4) is 0 Å². The first kappa shape index (κ1) is 28.4. The third-order valence-corrected chi connectivity index (χ3v) is 7.98. The van der Waals surface area contributed by atoms with Gasteiger partial charge in [-0.2, -0.15) is 4.31 Å². The van der Waals surface area contributed by atoms with Crippen LogP contribution < -0.4 is 9.47 Å². The number of carbonyl (C=O) groups is 1. The van der Waals surface area contributed by atoms with Crippen molar-refractivity contribution in [2.75, 3.05) is 47.6 Å². The Morgan fingerprint density at radius 3 is 2.76 bits per heavy atom. The fraction of sp³-hybridized carbons (Fsp3) is 0.462. The van der Waals surface area contributed by atoms with Crippen molar-refractivity contribution in [3.8, 4) is 23.5 Å². The predicted octanol–water partition coefficient (Wildman–Crippen LogP) is 1.63. The number of carbonyl (C=O) groups excluding carboxylic acids is 1. The lowest BCUT2D eigenvalue weighted by Gasteiger charge is -2.37. The number of likely N-dealkylation sites (N-methyl/N-ethyl adjacent to an activating group) is 1. The molecule has 1 aliphatic heterocycles. The van der Waals surface area contributed by atoms with Crippen LogP contribution in [0, 0.1) is 17.8 Å². The molecule has 0 spiro atoms. The number of aliphatic hydroxyl groups is 1. The standard InChI is InChI=1S/C26H33N3O7S/c1-18-15-29(19(2)17-30)26(31)23-12-20(8-7-11-34-4)14-27-25(23)36-24(18)16-28(3)37(32,33)22-10-6-9-21(13-22)35-5/h6,9-10,12-14,18-19,24,30H,11,15-17H2,1-5H3/t18-,19+,24+/m1/s1. The summed E-state index contributed by atoms with van der Waals surface area (Å²) in [5.74, 6) is 5.62. The zero-order valence-corrected chi connectivity index (χ0v) is 22.5. The number of rotatable bonds is 8. The maximum atomic E-state index is 13.5. The minimum Gasteiger partial charge on any atom is -0.497 e. The second-order valence-corrected chi connectivity index (χ2v) is 10.9. The molecule has 1 aliphatic rings. The monoisotopic (exact) mass is 531 g/mol. The molecule has 1 amide bonds. The van der Waals surface area contributed by atoms with Gasteiger partial charge in [-0.05, 0) is 25.1 Å². The van der Waals surface area contributed by atoms with Crippen molar-refractivity contribution in [2.24, 2.45) is 5.92 Å². The summed E-state index contributed by atoms with van der Waals surface area (Å²) in [6.45, 7) is 3.87. The molecule has 11 heteroatoms. The number of nitrogens with zero attached hydrogens (tertiary/aromatic N) is 3. The van der Waals surface area contributed by atoms with Crippen molar-refractivity contribution in [3.63, 3.8) is 0 Å². The Labute approximate surface area is 218 Å². The van der Waals surface area contributed by atoms with Gasteiger partial charge in [-0.3, -0.25) is 4.79 Å². The second kappa shape index (κ2) is 12.4. The van der Waals surface area contributed by atoms with E-state index < -0.39 is 22.2 Å². The largest absolute Gasteiger partial charge is 0.497 e. The molecule has 1 N–H and O–H groups in total. The van der Waals surface area contributed by atoms with Crippen LogP contribution in [0.25, 0.3) is 0 Å². The first-order valence-corrected chi connectivity index (χ1v) is 13.2. The van der Waals surface area contributed by atoms with Gasteiger partial charge in [0, 0.05) is 44.4 Å². The van der Waals surface area contributed by atoms with E-state index in [9.17, 15) is 18.3 Å². The van der Waals surface area contributed by atoms with Crippen molar-refractivity contribution < 1.29 is 32.5 Å². The van der Waals surface area contributed by atoms with E-state index in [1.54, 1.807) is 30.0 Å². The number of aromatic nitrogens is 1. The molecule has 37 heavy (non-hydrogen) atoms. The van der Waals surface area contributed by atoms with Crippen LogP contribution in [0.2, 0.25) is 0 Å². The maximum Gasteiger partial charge on any atom is 0.259 e. The molecular weight excluding hydrogens is 498 g/mol. The summed E-state index contributed by atoms with van der Waals surface area (Å²) in [6.07, 6.45) is 0.859. The Bertz CT molecular complexity index is 1270. The number of aliphatic hydroxyl groups excluding tert-OH is 1. The second-order valence-electron chi connectivity index (χ2n) is 8.90. The smallest absolute Gasteiger partial charge is 0.259 e. The highest BCUT2D eigenvalue weighted by Crippen LogP contribution is 2.28. The van der Waals surface area contributed by atoms with Gasteiger partial charge in [-0.25, -0.2) is 13.4 Å². The molecule has 2 aromatic rings. The number of hydrogen-bond donors (Lipinski definition) is 1. The molecule has 0 radical (unpaired) electrons. The molecule has 200 valence electrons. The van der Waals surface area contributed by atoms with E-state index in [0.717, 1.165) is 0 Å². The molecule has 3 atom stereocenters. The van der Waals surface area contributed by atoms with Crippen LogP contribution in [0.4, 0.5) is 0 Å². The first-order valence-electron chi connectivity index (χ1n) is 11.8. The van der Waals surface area contributed by atoms with Crippen LogP contribution in [0.1, 0.15) is 29.8 Å². The van der Waals surface area contributed by atoms with Gasteiger partial charge in [-0.15, -0.1) is 0 Å². The number of amides is 1. The molecule has 10 nitrogen and oxygen atoms in total. The van der Waals surface area contributed by atoms with Gasteiger partial charge < -0.3 is 24.2 Å². The minimum absolute atomic E-state index is 0.00671. The summed E-state index contributed by atoms with van der Waals surface area (Å²) in [6, 6.07) is 7.37. The summed E-state index contributed by atoms with van der Waals surface area (Å²) in [5.41, 5.74) is 0.701. The summed E-state index contributed by atoms with van der Waals surface area (Å²) < 4.78 is 44.1.